The van der Waals surface area contributed by atoms with Gasteiger partial charge < -0.3 is 5.73 Å². The maximum atomic E-state index is 12.9. The summed E-state index contributed by atoms with van der Waals surface area (Å²) >= 11 is 0. The summed E-state index contributed by atoms with van der Waals surface area (Å²) in [5, 5.41) is 9.45. The summed E-state index contributed by atoms with van der Waals surface area (Å²) in [6.45, 7) is 2.02. The zero-order chi connectivity index (χ0) is 17.3. The van der Waals surface area contributed by atoms with Crippen molar-refractivity contribution in [2.75, 3.05) is 6.54 Å². The third-order valence-corrected chi connectivity index (χ3v) is 5.97. The molecule has 1 heterocycles. The second-order valence-corrected chi connectivity index (χ2v) is 7.59. The average Bonchev–Trinajstić information content (AvgIpc) is 2.93. The highest BCUT2D eigenvalue weighted by Gasteiger charge is 2.38. The van der Waals surface area contributed by atoms with E-state index in [1.54, 1.807) is 24.3 Å². The Labute approximate surface area is 141 Å². The summed E-state index contributed by atoms with van der Waals surface area (Å²) in [5.41, 5.74) is 8.15. The standard InChI is InChI=1S/C18H17N3O2S/c1-13-7-9-15(10-8-13)24(22,23)21-12-17(16(11-19)18(21)20)14-5-3-2-4-6-14/h2-10,17H,12,20H2,1H3/t17-/m1/s1. The lowest BCUT2D eigenvalue weighted by Crippen LogP contribution is -2.32. The maximum Gasteiger partial charge on any atom is 0.265 e. The SMILES string of the molecule is Cc1ccc(S(=O)(=O)N2C[C@H](c3ccccc3)C(C#N)=C2N)cc1. The van der Waals surface area contributed by atoms with E-state index in [9.17, 15) is 13.7 Å². The van der Waals surface area contributed by atoms with E-state index in [-0.39, 0.29) is 28.8 Å². The van der Waals surface area contributed by atoms with Crippen molar-refractivity contribution >= 4 is 10.0 Å². The Balaban J connectivity index is 2.03. The van der Waals surface area contributed by atoms with Crippen molar-refractivity contribution in [1.29, 1.82) is 5.26 Å². The van der Waals surface area contributed by atoms with E-state index >= 15 is 0 Å². The van der Waals surface area contributed by atoms with Crippen molar-refractivity contribution in [3.8, 4) is 6.07 Å². The molecule has 0 bridgehead atoms. The number of benzene rings is 2. The first-order valence-electron chi connectivity index (χ1n) is 7.49. The van der Waals surface area contributed by atoms with Gasteiger partial charge in [0.25, 0.3) is 10.0 Å². The molecule has 24 heavy (non-hydrogen) atoms. The van der Waals surface area contributed by atoms with Crippen LogP contribution in [0.15, 0.2) is 70.9 Å². The van der Waals surface area contributed by atoms with Crippen LogP contribution in [0.1, 0.15) is 17.0 Å². The molecule has 0 saturated heterocycles. The van der Waals surface area contributed by atoms with E-state index in [1.165, 1.54) is 0 Å². The van der Waals surface area contributed by atoms with E-state index in [2.05, 4.69) is 6.07 Å². The molecule has 0 saturated carbocycles. The molecular formula is C18H17N3O2S. The zero-order valence-electron chi connectivity index (χ0n) is 13.2. The molecular weight excluding hydrogens is 322 g/mol. The monoisotopic (exact) mass is 339 g/mol. The quantitative estimate of drug-likeness (QED) is 0.930. The normalized spacial score (nSPS) is 17.8. The molecule has 0 amide bonds. The van der Waals surface area contributed by atoms with Crippen LogP contribution < -0.4 is 5.73 Å². The Morgan fingerprint density at radius 3 is 2.33 bits per heavy atom. The number of nitrogens with two attached hydrogens (primary N) is 1. The van der Waals surface area contributed by atoms with Crippen LogP contribution in [0.5, 0.6) is 0 Å². The Morgan fingerprint density at radius 2 is 1.75 bits per heavy atom. The van der Waals surface area contributed by atoms with Gasteiger partial charge in [-0.3, -0.25) is 4.31 Å². The highest BCUT2D eigenvalue weighted by Crippen LogP contribution is 2.36. The molecule has 2 aromatic rings. The molecule has 2 aromatic carbocycles. The van der Waals surface area contributed by atoms with Gasteiger partial charge in [-0.25, -0.2) is 8.42 Å². The smallest absolute Gasteiger partial charge is 0.265 e. The lowest BCUT2D eigenvalue weighted by atomic mass is 9.94. The van der Waals surface area contributed by atoms with Gasteiger partial charge in [0, 0.05) is 12.5 Å². The fraction of sp³-hybridized carbons (Fsp3) is 0.167. The van der Waals surface area contributed by atoms with Gasteiger partial charge in [0.15, 0.2) is 0 Å². The molecule has 1 atom stereocenters. The van der Waals surface area contributed by atoms with Crippen molar-refractivity contribution < 1.29 is 8.42 Å². The van der Waals surface area contributed by atoms with Crippen LogP contribution in [0.4, 0.5) is 0 Å². The van der Waals surface area contributed by atoms with Gasteiger partial charge in [-0.05, 0) is 24.6 Å². The van der Waals surface area contributed by atoms with Gasteiger partial charge in [0.05, 0.1) is 16.5 Å². The van der Waals surface area contributed by atoms with Gasteiger partial charge in [-0.15, -0.1) is 0 Å². The summed E-state index contributed by atoms with van der Waals surface area (Å²) in [6.07, 6.45) is 0. The van der Waals surface area contributed by atoms with Crippen molar-refractivity contribution in [3.63, 3.8) is 0 Å². The fourth-order valence-electron chi connectivity index (χ4n) is 2.83. The summed E-state index contributed by atoms with van der Waals surface area (Å²) in [4.78, 5) is 0.169. The molecule has 1 aliphatic rings. The molecule has 0 spiro atoms. The Morgan fingerprint density at radius 1 is 1.12 bits per heavy atom. The lowest BCUT2D eigenvalue weighted by Gasteiger charge is -2.20. The molecule has 2 N–H and O–H groups in total. The van der Waals surface area contributed by atoms with E-state index in [1.807, 2.05) is 37.3 Å². The number of hydrogen-bond donors (Lipinski definition) is 1. The molecule has 5 nitrogen and oxygen atoms in total. The molecule has 1 aliphatic heterocycles. The van der Waals surface area contributed by atoms with Gasteiger partial charge in [0.2, 0.25) is 0 Å². The van der Waals surface area contributed by atoms with E-state index < -0.39 is 10.0 Å². The van der Waals surface area contributed by atoms with Gasteiger partial charge >= 0.3 is 0 Å². The summed E-state index contributed by atoms with van der Waals surface area (Å²) in [7, 11) is -3.79. The number of sulfonamides is 1. The number of hydrogen-bond acceptors (Lipinski definition) is 4. The Hall–Kier alpha value is -2.78. The first-order chi connectivity index (χ1) is 11.4. The molecule has 0 aromatic heterocycles. The van der Waals surface area contributed by atoms with Crippen LogP contribution in [0.3, 0.4) is 0 Å². The number of nitrogens with zero attached hydrogens (tertiary/aromatic N) is 2. The predicted octanol–water partition coefficient (Wildman–Crippen LogP) is 2.48. The molecule has 3 rings (SSSR count). The van der Waals surface area contributed by atoms with E-state index in [4.69, 9.17) is 5.73 Å². The lowest BCUT2D eigenvalue weighted by molar-refractivity contribution is 0.487. The minimum absolute atomic E-state index is 0.00641. The summed E-state index contributed by atoms with van der Waals surface area (Å²) < 4.78 is 26.9. The zero-order valence-corrected chi connectivity index (χ0v) is 14.0. The van der Waals surface area contributed by atoms with Crippen LogP contribution in [-0.2, 0) is 10.0 Å². The predicted molar refractivity (Wildman–Crippen MR) is 91.1 cm³/mol. The Kier molecular flexibility index (Phi) is 4.04. The summed E-state index contributed by atoms with van der Waals surface area (Å²) in [6, 6.07) is 18.0. The van der Waals surface area contributed by atoms with Crippen molar-refractivity contribution in [2.45, 2.75) is 17.7 Å². The molecule has 6 heteroatoms. The minimum Gasteiger partial charge on any atom is -0.384 e. The van der Waals surface area contributed by atoms with Crippen LogP contribution in [0, 0.1) is 18.3 Å². The van der Waals surface area contributed by atoms with Gasteiger partial charge in [-0.1, -0.05) is 48.0 Å². The highest BCUT2D eigenvalue weighted by atomic mass is 32.2. The van der Waals surface area contributed by atoms with Crippen molar-refractivity contribution in [1.82, 2.24) is 4.31 Å². The maximum absolute atomic E-state index is 12.9. The third kappa shape index (κ3) is 2.63. The van der Waals surface area contributed by atoms with Crippen LogP contribution in [0.2, 0.25) is 0 Å². The molecule has 0 fully saturated rings. The van der Waals surface area contributed by atoms with Crippen molar-refractivity contribution in [2.24, 2.45) is 5.73 Å². The minimum atomic E-state index is -3.79. The number of nitriles is 1. The van der Waals surface area contributed by atoms with Crippen LogP contribution in [0.25, 0.3) is 0 Å². The average molecular weight is 339 g/mol. The topological polar surface area (TPSA) is 87.2 Å². The summed E-state index contributed by atoms with van der Waals surface area (Å²) in [5.74, 6) is -0.344. The number of aryl methyl sites for hydroxylation is 1. The first-order valence-corrected chi connectivity index (χ1v) is 8.93. The first kappa shape index (κ1) is 16.1. The largest absolute Gasteiger partial charge is 0.384 e. The Bertz CT molecular complexity index is 926. The van der Waals surface area contributed by atoms with Crippen LogP contribution in [-0.4, -0.2) is 19.3 Å². The van der Waals surface area contributed by atoms with Gasteiger partial charge in [-0.2, -0.15) is 5.26 Å². The number of rotatable bonds is 3. The second-order valence-electron chi connectivity index (χ2n) is 5.72. The fourth-order valence-corrected chi connectivity index (χ4v) is 4.26. The molecule has 0 radical (unpaired) electrons. The van der Waals surface area contributed by atoms with E-state index in [0.717, 1.165) is 15.4 Å². The molecule has 0 aliphatic carbocycles. The highest BCUT2D eigenvalue weighted by molar-refractivity contribution is 7.89. The van der Waals surface area contributed by atoms with Crippen molar-refractivity contribution in [3.05, 3.63) is 77.1 Å². The van der Waals surface area contributed by atoms with Gasteiger partial charge in [0.1, 0.15) is 5.82 Å². The van der Waals surface area contributed by atoms with E-state index in [0.29, 0.717) is 0 Å². The van der Waals surface area contributed by atoms with Crippen LogP contribution >= 0.6 is 0 Å². The third-order valence-electron chi connectivity index (χ3n) is 4.17. The molecule has 0 unspecified atom stereocenters. The second kappa shape index (κ2) is 6.02. The molecule has 122 valence electrons.